The quantitative estimate of drug-likeness (QED) is 0.821. The van der Waals surface area contributed by atoms with E-state index in [1.165, 1.54) is 10.9 Å². The Bertz CT molecular complexity index is 488. The van der Waals surface area contributed by atoms with Gasteiger partial charge in [-0.1, -0.05) is 11.6 Å². The van der Waals surface area contributed by atoms with Crippen molar-refractivity contribution in [1.82, 2.24) is 19.8 Å². The summed E-state index contributed by atoms with van der Waals surface area (Å²) in [4.78, 5) is 0. The van der Waals surface area contributed by atoms with Crippen molar-refractivity contribution >= 4 is 21.6 Å². The van der Waals surface area contributed by atoms with E-state index in [2.05, 4.69) is 15.1 Å². The summed E-state index contributed by atoms with van der Waals surface area (Å²) in [7, 11) is -2.02. The van der Waals surface area contributed by atoms with Gasteiger partial charge in [-0.05, 0) is 31.8 Å². The summed E-state index contributed by atoms with van der Waals surface area (Å²) in [5.74, 6) is 0.551. The second-order valence-electron chi connectivity index (χ2n) is 4.47. The van der Waals surface area contributed by atoms with E-state index >= 15 is 0 Å². The molecule has 102 valence electrons. The molecule has 1 aromatic heterocycles. The van der Waals surface area contributed by atoms with E-state index in [4.69, 9.17) is 11.6 Å². The molecular weight excluding hydrogens is 276 g/mol. The van der Waals surface area contributed by atoms with Crippen LogP contribution in [0.4, 0.5) is 0 Å². The highest BCUT2D eigenvalue weighted by Crippen LogP contribution is 2.19. The van der Waals surface area contributed by atoms with E-state index < -0.39 is 10.0 Å². The summed E-state index contributed by atoms with van der Waals surface area (Å²) in [5, 5.41) is 7.24. The van der Waals surface area contributed by atoms with Crippen LogP contribution in [-0.2, 0) is 17.1 Å². The molecular formula is C10H17ClN4O2S. The first kappa shape index (κ1) is 13.8. The van der Waals surface area contributed by atoms with E-state index in [0.29, 0.717) is 12.5 Å². The molecule has 1 unspecified atom stereocenters. The van der Waals surface area contributed by atoms with E-state index in [1.807, 2.05) is 0 Å². The molecule has 8 heteroatoms. The van der Waals surface area contributed by atoms with Gasteiger partial charge in [0, 0.05) is 13.6 Å². The van der Waals surface area contributed by atoms with Crippen LogP contribution in [0, 0.1) is 5.92 Å². The number of aryl methyl sites for hydroxylation is 1. The van der Waals surface area contributed by atoms with Crippen molar-refractivity contribution in [3.05, 3.63) is 11.2 Å². The van der Waals surface area contributed by atoms with Crippen LogP contribution in [0.5, 0.6) is 0 Å². The molecule has 1 atom stereocenters. The summed E-state index contributed by atoms with van der Waals surface area (Å²) in [6.45, 7) is 2.41. The molecule has 1 fully saturated rings. The molecule has 18 heavy (non-hydrogen) atoms. The first-order valence-corrected chi connectivity index (χ1v) is 7.74. The third kappa shape index (κ3) is 3.03. The number of halogens is 1. The van der Waals surface area contributed by atoms with E-state index in [-0.39, 0.29) is 10.0 Å². The average molecular weight is 293 g/mol. The largest absolute Gasteiger partial charge is 0.316 e. The maximum Gasteiger partial charge on any atom is 0.259 e. The van der Waals surface area contributed by atoms with Crippen LogP contribution in [-0.4, -0.2) is 37.8 Å². The third-order valence-electron chi connectivity index (χ3n) is 3.10. The van der Waals surface area contributed by atoms with Crippen LogP contribution in [0.1, 0.15) is 12.8 Å². The number of nitrogens with zero attached hydrogens (tertiary/aromatic N) is 2. The molecule has 1 aromatic rings. The summed E-state index contributed by atoms with van der Waals surface area (Å²) in [6, 6.07) is 0. The van der Waals surface area contributed by atoms with Crippen molar-refractivity contribution in [2.24, 2.45) is 13.0 Å². The van der Waals surface area contributed by atoms with Gasteiger partial charge >= 0.3 is 0 Å². The van der Waals surface area contributed by atoms with Gasteiger partial charge in [0.05, 0.1) is 11.2 Å². The predicted molar refractivity (Wildman–Crippen MR) is 69.0 cm³/mol. The molecule has 0 radical (unpaired) electrons. The maximum atomic E-state index is 12.0. The first-order chi connectivity index (χ1) is 8.50. The molecule has 1 saturated heterocycles. The van der Waals surface area contributed by atoms with Crippen LogP contribution in [0.15, 0.2) is 11.2 Å². The molecule has 0 saturated carbocycles. The summed E-state index contributed by atoms with van der Waals surface area (Å²) in [5.41, 5.74) is 0. The zero-order valence-corrected chi connectivity index (χ0v) is 11.8. The highest BCUT2D eigenvalue weighted by Gasteiger charge is 2.23. The molecule has 1 aliphatic heterocycles. The topological polar surface area (TPSA) is 76.0 Å². The van der Waals surface area contributed by atoms with Gasteiger partial charge in [-0.2, -0.15) is 5.10 Å². The van der Waals surface area contributed by atoms with Gasteiger partial charge in [0.25, 0.3) is 10.0 Å². The Morgan fingerprint density at radius 2 is 2.44 bits per heavy atom. The van der Waals surface area contributed by atoms with Crippen LogP contribution < -0.4 is 10.0 Å². The Balaban J connectivity index is 1.95. The van der Waals surface area contributed by atoms with Crippen molar-refractivity contribution in [3.63, 3.8) is 0 Å². The molecule has 0 spiro atoms. The summed E-state index contributed by atoms with van der Waals surface area (Å²) >= 11 is 5.82. The molecule has 1 aliphatic rings. The fraction of sp³-hybridized carbons (Fsp3) is 0.700. The number of aromatic nitrogens is 2. The number of hydrogen-bond donors (Lipinski definition) is 2. The van der Waals surface area contributed by atoms with Crippen LogP contribution in [0.25, 0.3) is 0 Å². The Kier molecular flexibility index (Phi) is 4.26. The lowest BCUT2D eigenvalue weighted by Gasteiger charge is -2.10. The molecule has 0 aromatic carbocycles. The zero-order valence-electron chi connectivity index (χ0n) is 10.2. The van der Waals surface area contributed by atoms with Crippen molar-refractivity contribution < 1.29 is 8.42 Å². The first-order valence-electron chi connectivity index (χ1n) is 5.88. The SMILES string of the molecule is Cn1ncc(Cl)c1S(=O)(=O)NCCC1CCNC1. The number of hydrogen-bond acceptors (Lipinski definition) is 4. The van der Waals surface area contributed by atoms with E-state index in [0.717, 1.165) is 25.9 Å². The second-order valence-corrected chi connectivity index (χ2v) is 6.56. The molecule has 2 N–H and O–H groups in total. The predicted octanol–water partition coefficient (Wildman–Crippen LogP) is 0.351. The highest BCUT2D eigenvalue weighted by molar-refractivity contribution is 7.89. The fourth-order valence-corrected chi connectivity index (χ4v) is 3.83. The lowest BCUT2D eigenvalue weighted by atomic mass is 10.1. The Morgan fingerprint density at radius 1 is 1.67 bits per heavy atom. The number of nitrogens with one attached hydrogen (secondary N) is 2. The van der Waals surface area contributed by atoms with Crippen molar-refractivity contribution in [1.29, 1.82) is 0 Å². The number of rotatable bonds is 5. The highest BCUT2D eigenvalue weighted by atomic mass is 35.5. The monoisotopic (exact) mass is 292 g/mol. The minimum Gasteiger partial charge on any atom is -0.316 e. The lowest BCUT2D eigenvalue weighted by molar-refractivity contribution is 0.515. The van der Waals surface area contributed by atoms with E-state index in [9.17, 15) is 8.42 Å². The average Bonchev–Trinajstić information content (AvgIpc) is 2.89. The Labute approximate surface area is 112 Å². The zero-order chi connectivity index (χ0) is 13.2. The van der Waals surface area contributed by atoms with Crippen LogP contribution in [0.3, 0.4) is 0 Å². The molecule has 0 amide bonds. The maximum absolute atomic E-state index is 12.0. The van der Waals surface area contributed by atoms with Crippen molar-refractivity contribution in [2.45, 2.75) is 17.9 Å². The van der Waals surface area contributed by atoms with Crippen molar-refractivity contribution in [2.75, 3.05) is 19.6 Å². The normalized spacial score (nSPS) is 20.4. The summed E-state index contributed by atoms with van der Waals surface area (Å²) < 4.78 is 27.9. The van der Waals surface area contributed by atoms with Crippen LogP contribution in [0.2, 0.25) is 5.02 Å². The standard InChI is InChI=1S/C10H17ClN4O2S/c1-15-10(9(11)7-13-15)18(16,17)14-5-3-8-2-4-12-6-8/h7-8,12,14H,2-6H2,1H3. The minimum absolute atomic E-state index is 0.0220. The molecule has 0 bridgehead atoms. The van der Waals surface area contributed by atoms with Gasteiger partial charge < -0.3 is 5.32 Å². The van der Waals surface area contributed by atoms with Gasteiger partial charge in [0.2, 0.25) is 0 Å². The molecule has 0 aliphatic carbocycles. The smallest absolute Gasteiger partial charge is 0.259 e. The van der Waals surface area contributed by atoms with Crippen LogP contribution >= 0.6 is 11.6 Å². The Morgan fingerprint density at radius 3 is 3.00 bits per heavy atom. The third-order valence-corrected chi connectivity index (χ3v) is 5.07. The van der Waals surface area contributed by atoms with Gasteiger partial charge in [-0.15, -0.1) is 0 Å². The Hall–Kier alpha value is -0.630. The van der Waals surface area contributed by atoms with Crippen molar-refractivity contribution in [3.8, 4) is 0 Å². The summed E-state index contributed by atoms with van der Waals surface area (Å²) in [6.07, 6.45) is 3.27. The molecule has 2 rings (SSSR count). The van der Waals surface area contributed by atoms with Gasteiger partial charge in [-0.25, -0.2) is 13.1 Å². The lowest BCUT2D eigenvalue weighted by Crippen LogP contribution is -2.28. The number of sulfonamides is 1. The molecule has 6 nitrogen and oxygen atoms in total. The van der Waals surface area contributed by atoms with E-state index in [1.54, 1.807) is 7.05 Å². The van der Waals surface area contributed by atoms with Gasteiger partial charge in [0.1, 0.15) is 0 Å². The van der Waals surface area contributed by atoms with Gasteiger partial charge in [-0.3, -0.25) is 4.68 Å². The fourth-order valence-electron chi connectivity index (χ4n) is 2.13. The second kappa shape index (κ2) is 5.56. The minimum atomic E-state index is -3.57. The van der Waals surface area contributed by atoms with Gasteiger partial charge in [0.15, 0.2) is 5.03 Å². The molecule has 2 heterocycles.